The molecule has 0 aliphatic carbocycles. The summed E-state index contributed by atoms with van der Waals surface area (Å²) in [6.07, 6.45) is 0.800. The van der Waals surface area contributed by atoms with Crippen molar-refractivity contribution in [1.29, 1.82) is 0 Å². The average molecular weight is 401 g/mol. The molecule has 0 aliphatic rings. The molecule has 0 saturated carbocycles. The van der Waals surface area contributed by atoms with Crippen molar-refractivity contribution in [2.24, 2.45) is 0 Å². The number of carbonyl (C=O) groups excluding carboxylic acids is 1. The minimum atomic E-state index is 0.0156. The second-order valence-corrected chi connectivity index (χ2v) is 7.73. The Balaban J connectivity index is 1.64. The first-order valence-corrected chi connectivity index (χ1v) is 10.2. The summed E-state index contributed by atoms with van der Waals surface area (Å²) in [4.78, 5) is 27.6. The Morgan fingerprint density at radius 3 is 2.44 bits per heavy atom. The molecule has 3 aromatic rings. The van der Waals surface area contributed by atoms with Crippen LogP contribution in [0.25, 0.3) is 0 Å². The number of rotatable bonds is 8. The number of carbonyl (C=O) groups is 1. The number of hydrogen-bond acceptors (Lipinski definition) is 8. The van der Waals surface area contributed by atoms with Crippen LogP contribution in [0, 0.1) is 0 Å². The fraction of sp³-hybridized carbons (Fsp3) is 0.222. The first-order valence-electron chi connectivity index (χ1n) is 8.34. The van der Waals surface area contributed by atoms with Crippen LogP contribution in [0.5, 0.6) is 0 Å². The SMILES string of the molecule is Nc1nc(N)nc(SCC(=O)N(CCc2ccccc2)Cc2cccs2)n1. The van der Waals surface area contributed by atoms with Gasteiger partial charge in [0.15, 0.2) is 5.16 Å². The minimum absolute atomic E-state index is 0.0156. The molecule has 2 heterocycles. The summed E-state index contributed by atoms with van der Waals surface area (Å²) in [5.74, 6) is 0.332. The minimum Gasteiger partial charge on any atom is -0.368 e. The van der Waals surface area contributed by atoms with Crippen molar-refractivity contribution in [3.8, 4) is 0 Å². The van der Waals surface area contributed by atoms with Crippen molar-refractivity contribution in [1.82, 2.24) is 19.9 Å². The van der Waals surface area contributed by atoms with Crippen LogP contribution in [0.1, 0.15) is 10.4 Å². The van der Waals surface area contributed by atoms with Gasteiger partial charge in [0.1, 0.15) is 0 Å². The second-order valence-electron chi connectivity index (χ2n) is 5.75. The van der Waals surface area contributed by atoms with Gasteiger partial charge >= 0.3 is 0 Å². The van der Waals surface area contributed by atoms with Gasteiger partial charge in [0.05, 0.1) is 12.3 Å². The van der Waals surface area contributed by atoms with E-state index < -0.39 is 0 Å². The van der Waals surface area contributed by atoms with E-state index in [9.17, 15) is 4.79 Å². The molecule has 2 aromatic heterocycles. The lowest BCUT2D eigenvalue weighted by Gasteiger charge is -2.22. The normalized spacial score (nSPS) is 10.7. The summed E-state index contributed by atoms with van der Waals surface area (Å²) in [6.45, 7) is 1.23. The van der Waals surface area contributed by atoms with Gasteiger partial charge in [-0.15, -0.1) is 11.3 Å². The number of aromatic nitrogens is 3. The number of nitrogens with zero attached hydrogens (tertiary/aromatic N) is 4. The highest BCUT2D eigenvalue weighted by Crippen LogP contribution is 2.18. The fourth-order valence-corrected chi connectivity index (χ4v) is 3.93. The maximum absolute atomic E-state index is 12.8. The molecular formula is C18H20N6OS2. The predicted molar refractivity (Wildman–Crippen MR) is 109 cm³/mol. The van der Waals surface area contributed by atoms with Gasteiger partial charge in [-0.3, -0.25) is 4.79 Å². The zero-order chi connectivity index (χ0) is 19.1. The Kier molecular flexibility index (Phi) is 6.61. The summed E-state index contributed by atoms with van der Waals surface area (Å²) >= 11 is 2.85. The molecule has 0 radical (unpaired) electrons. The molecular weight excluding hydrogens is 380 g/mol. The molecule has 140 valence electrons. The lowest BCUT2D eigenvalue weighted by Crippen LogP contribution is -2.33. The largest absolute Gasteiger partial charge is 0.368 e. The summed E-state index contributed by atoms with van der Waals surface area (Å²) in [5, 5.41) is 2.37. The van der Waals surface area contributed by atoms with Gasteiger partial charge in [-0.05, 0) is 23.4 Å². The van der Waals surface area contributed by atoms with Crippen molar-refractivity contribution in [3.63, 3.8) is 0 Å². The van der Waals surface area contributed by atoms with E-state index in [2.05, 4.69) is 27.1 Å². The summed E-state index contributed by atoms with van der Waals surface area (Å²) in [6, 6.07) is 14.2. The Morgan fingerprint density at radius 1 is 1.04 bits per heavy atom. The third-order valence-electron chi connectivity index (χ3n) is 3.77. The molecule has 27 heavy (non-hydrogen) atoms. The molecule has 1 aromatic carbocycles. The highest BCUT2D eigenvalue weighted by atomic mass is 32.2. The van der Waals surface area contributed by atoms with Gasteiger partial charge in [0.25, 0.3) is 0 Å². The van der Waals surface area contributed by atoms with Gasteiger partial charge < -0.3 is 16.4 Å². The van der Waals surface area contributed by atoms with Crippen molar-refractivity contribution in [2.75, 3.05) is 23.8 Å². The number of nitrogens with two attached hydrogens (primary N) is 2. The number of anilines is 2. The summed E-state index contributed by atoms with van der Waals surface area (Å²) in [5.41, 5.74) is 12.4. The van der Waals surface area contributed by atoms with Crippen LogP contribution in [0.3, 0.4) is 0 Å². The van der Waals surface area contributed by atoms with E-state index >= 15 is 0 Å². The number of thioether (sulfide) groups is 1. The van der Waals surface area contributed by atoms with Gasteiger partial charge in [-0.25, -0.2) is 0 Å². The van der Waals surface area contributed by atoms with Crippen LogP contribution in [0.4, 0.5) is 11.9 Å². The van der Waals surface area contributed by atoms with Gasteiger partial charge in [0.2, 0.25) is 17.8 Å². The van der Waals surface area contributed by atoms with E-state index in [-0.39, 0.29) is 23.6 Å². The van der Waals surface area contributed by atoms with Crippen LogP contribution in [-0.2, 0) is 17.8 Å². The molecule has 0 aliphatic heterocycles. The molecule has 0 spiro atoms. The molecule has 0 fully saturated rings. The van der Waals surface area contributed by atoms with E-state index in [1.807, 2.05) is 40.6 Å². The smallest absolute Gasteiger partial charge is 0.233 e. The van der Waals surface area contributed by atoms with Gasteiger partial charge in [0, 0.05) is 11.4 Å². The number of nitrogen functional groups attached to an aromatic ring is 2. The standard InChI is InChI=1S/C18H20N6OS2/c19-16-21-17(20)23-18(22-16)27-12-15(25)24(11-14-7-4-10-26-14)9-8-13-5-2-1-3-6-13/h1-7,10H,8-9,11-12H2,(H4,19,20,21,22,23). The zero-order valence-corrected chi connectivity index (χ0v) is 16.2. The average Bonchev–Trinajstić information content (AvgIpc) is 3.16. The topological polar surface area (TPSA) is 111 Å². The van der Waals surface area contributed by atoms with Crippen molar-refractivity contribution >= 4 is 40.9 Å². The predicted octanol–water partition coefficient (Wildman–Crippen LogP) is 2.46. The summed E-state index contributed by atoms with van der Waals surface area (Å²) in [7, 11) is 0. The maximum atomic E-state index is 12.8. The molecule has 9 heteroatoms. The van der Waals surface area contributed by atoms with Crippen LogP contribution >= 0.6 is 23.1 Å². The lowest BCUT2D eigenvalue weighted by molar-refractivity contribution is -0.128. The maximum Gasteiger partial charge on any atom is 0.233 e. The van der Waals surface area contributed by atoms with E-state index in [1.165, 1.54) is 17.3 Å². The third-order valence-corrected chi connectivity index (χ3v) is 5.46. The van der Waals surface area contributed by atoms with E-state index in [1.54, 1.807) is 11.3 Å². The molecule has 0 bridgehead atoms. The van der Waals surface area contributed by atoms with Gasteiger partial charge in [-0.2, -0.15) is 15.0 Å². The molecule has 3 rings (SSSR count). The Morgan fingerprint density at radius 2 is 1.78 bits per heavy atom. The summed E-state index contributed by atoms with van der Waals surface area (Å²) < 4.78 is 0. The van der Waals surface area contributed by atoms with Crippen LogP contribution < -0.4 is 11.5 Å². The first-order chi connectivity index (χ1) is 13.1. The van der Waals surface area contributed by atoms with Crippen LogP contribution in [0.15, 0.2) is 53.0 Å². The number of benzene rings is 1. The lowest BCUT2D eigenvalue weighted by atomic mass is 10.1. The molecule has 0 unspecified atom stereocenters. The highest BCUT2D eigenvalue weighted by Gasteiger charge is 2.16. The molecule has 0 atom stereocenters. The van der Waals surface area contributed by atoms with Crippen molar-refractivity contribution in [3.05, 3.63) is 58.3 Å². The number of amides is 1. The second kappa shape index (κ2) is 9.33. The van der Waals surface area contributed by atoms with Crippen LogP contribution in [0.2, 0.25) is 0 Å². The monoisotopic (exact) mass is 400 g/mol. The quantitative estimate of drug-likeness (QED) is 0.559. The molecule has 7 nitrogen and oxygen atoms in total. The fourth-order valence-electron chi connectivity index (χ4n) is 2.46. The first kappa shape index (κ1) is 19.1. The van der Waals surface area contributed by atoms with E-state index in [0.717, 1.165) is 11.3 Å². The highest BCUT2D eigenvalue weighted by molar-refractivity contribution is 7.99. The van der Waals surface area contributed by atoms with Crippen molar-refractivity contribution in [2.45, 2.75) is 18.1 Å². The van der Waals surface area contributed by atoms with Crippen molar-refractivity contribution < 1.29 is 4.79 Å². The Bertz CT molecular complexity index is 853. The molecule has 4 N–H and O–H groups in total. The van der Waals surface area contributed by atoms with Crippen LogP contribution in [-0.4, -0.2) is 38.1 Å². The van der Waals surface area contributed by atoms with E-state index in [4.69, 9.17) is 11.5 Å². The third kappa shape index (κ3) is 5.93. The van der Waals surface area contributed by atoms with E-state index in [0.29, 0.717) is 18.2 Å². The Hall–Kier alpha value is -2.65. The molecule has 0 saturated heterocycles. The zero-order valence-electron chi connectivity index (χ0n) is 14.6. The number of hydrogen-bond donors (Lipinski definition) is 2. The Labute approximate surface area is 165 Å². The molecule has 1 amide bonds. The van der Waals surface area contributed by atoms with Gasteiger partial charge in [-0.1, -0.05) is 48.2 Å². The number of thiophene rings is 1.